The first-order chi connectivity index (χ1) is 7.81. The Morgan fingerprint density at radius 1 is 1.50 bits per heavy atom. The van der Waals surface area contributed by atoms with E-state index in [2.05, 4.69) is 18.3 Å². The van der Waals surface area contributed by atoms with Crippen LogP contribution in [0.25, 0.3) is 0 Å². The molecule has 1 aromatic heterocycles. The van der Waals surface area contributed by atoms with Crippen LogP contribution in [0.2, 0.25) is 0 Å². The second kappa shape index (κ2) is 5.51. The van der Waals surface area contributed by atoms with Gasteiger partial charge in [0, 0.05) is 12.5 Å². The van der Waals surface area contributed by atoms with Crippen molar-refractivity contribution in [2.24, 2.45) is 5.92 Å². The molecule has 0 amide bonds. The van der Waals surface area contributed by atoms with Gasteiger partial charge in [0.05, 0.1) is 12.6 Å². The molecule has 2 atom stereocenters. The third-order valence-corrected chi connectivity index (χ3v) is 3.16. The van der Waals surface area contributed by atoms with Gasteiger partial charge in [-0.1, -0.05) is 6.92 Å². The second-order valence-electron chi connectivity index (χ2n) is 4.46. The molecule has 1 aliphatic rings. The van der Waals surface area contributed by atoms with Crippen molar-refractivity contribution in [1.29, 1.82) is 0 Å². The van der Waals surface area contributed by atoms with Crippen molar-refractivity contribution in [2.75, 3.05) is 19.8 Å². The molecular weight excluding hydrogens is 202 g/mol. The monoisotopic (exact) mass is 223 g/mol. The average molecular weight is 223 g/mol. The summed E-state index contributed by atoms with van der Waals surface area (Å²) in [4.78, 5) is 0. The highest BCUT2D eigenvalue weighted by atomic mass is 16.5. The number of nitrogens with one attached hydrogen (secondary N) is 1. The molecule has 0 bridgehead atoms. The van der Waals surface area contributed by atoms with E-state index in [1.807, 2.05) is 13.0 Å². The summed E-state index contributed by atoms with van der Waals surface area (Å²) >= 11 is 0. The topological polar surface area (TPSA) is 34.4 Å². The Hall–Kier alpha value is -0.800. The van der Waals surface area contributed by atoms with Crippen LogP contribution in [0.3, 0.4) is 0 Å². The summed E-state index contributed by atoms with van der Waals surface area (Å²) in [6.45, 7) is 6.83. The predicted molar refractivity (Wildman–Crippen MR) is 63.4 cm³/mol. The lowest BCUT2D eigenvalue weighted by atomic mass is 9.92. The Balaban J connectivity index is 2.09. The fourth-order valence-electron chi connectivity index (χ4n) is 2.37. The number of hydrogen-bond acceptors (Lipinski definition) is 3. The van der Waals surface area contributed by atoms with Crippen LogP contribution in [0.1, 0.15) is 37.3 Å². The molecule has 0 aromatic carbocycles. The van der Waals surface area contributed by atoms with Gasteiger partial charge >= 0.3 is 0 Å². The highest BCUT2D eigenvalue weighted by Crippen LogP contribution is 2.29. The van der Waals surface area contributed by atoms with Gasteiger partial charge in [-0.25, -0.2) is 0 Å². The standard InChI is InChI=1S/C13H21NO2/c1-3-14-13(11-5-4-8-15-9-11)12-7-6-10(2)16-12/h6-7,11,13-14H,3-5,8-9H2,1-2H3. The molecule has 1 fully saturated rings. The van der Waals surface area contributed by atoms with Crippen LogP contribution in [0.4, 0.5) is 0 Å². The molecule has 2 unspecified atom stereocenters. The van der Waals surface area contributed by atoms with Crippen LogP contribution in [0.15, 0.2) is 16.5 Å². The van der Waals surface area contributed by atoms with Gasteiger partial charge in [-0.2, -0.15) is 0 Å². The zero-order valence-corrected chi connectivity index (χ0v) is 10.2. The SMILES string of the molecule is CCNC(c1ccc(C)o1)C1CCCOC1. The first-order valence-electron chi connectivity index (χ1n) is 6.18. The molecule has 1 aromatic rings. The summed E-state index contributed by atoms with van der Waals surface area (Å²) < 4.78 is 11.3. The molecular formula is C13H21NO2. The van der Waals surface area contributed by atoms with Gasteiger partial charge in [0.2, 0.25) is 0 Å². The molecule has 2 heterocycles. The number of furan rings is 1. The Morgan fingerprint density at radius 2 is 2.38 bits per heavy atom. The minimum absolute atomic E-state index is 0.305. The number of rotatable bonds is 4. The van der Waals surface area contributed by atoms with Crippen molar-refractivity contribution < 1.29 is 9.15 Å². The predicted octanol–water partition coefficient (Wildman–Crippen LogP) is 2.67. The van der Waals surface area contributed by atoms with E-state index < -0.39 is 0 Å². The smallest absolute Gasteiger partial charge is 0.121 e. The molecule has 0 saturated carbocycles. The lowest BCUT2D eigenvalue weighted by molar-refractivity contribution is 0.0357. The van der Waals surface area contributed by atoms with E-state index >= 15 is 0 Å². The van der Waals surface area contributed by atoms with Crippen LogP contribution in [0.5, 0.6) is 0 Å². The van der Waals surface area contributed by atoms with Gasteiger partial charge in [-0.3, -0.25) is 0 Å². The molecule has 0 radical (unpaired) electrons. The zero-order valence-electron chi connectivity index (χ0n) is 10.2. The van der Waals surface area contributed by atoms with Crippen molar-refractivity contribution in [3.63, 3.8) is 0 Å². The lowest BCUT2D eigenvalue weighted by Gasteiger charge is -2.29. The third kappa shape index (κ3) is 2.66. The summed E-state index contributed by atoms with van der Waals surface area (Å²) in [6, 6.07) is 4.42. The van der Waals surface area contributed by atoms with E-state index in [-0.39, 0.29) is 0 Å². The molecule has 0 aliphatic carbocycles. The fraction of sp³-hybridized carbons (Fsp3) is 0.692. The van der Waals surface area contributed by atoms with Crippen LogP contribution in [-0.2, 0) is 4.74 Å². The third-order valence-electron chi connectivity index (χ3n) is 3.16. The van der Waals surface area contributed by atoms with Crippen molar-refractivity contribution in [2.45, 2.75) is 32.7 Å². The summed E-state index contributed by atoms with van der Waals surface area (Å²) in [5, 5.41) is 3.51. The average Bonchev–Trinajstić information content (AvgIpc) is 2.74. The molecule has 90 valence electrons. The van der Waals surface area contributed by atoms with Gasteiger partial charge in [0.25, 0.3) is 0 Å². The van der Waals surface area contributed by atoms with Crippen LogP contribution >= 0.6 is 0 Å². The molecule has 1 aliphatic heterocycles. The quantitative estimate of drug-likeness (QED) is 0.852. The van der Waals surface area contributed by atoms with Gasteiger partial charge in [0.1, 0.15) is 11.5 Å². The summed E-state index contributed by atoms with van der Waals surface area (Å²) in [7, 11) is 0. The fourth-order valence-corrected chi connectivity index (χ4v) is 2.37. The maximum absolute atomic E-state index is 5.73. The van der Waals surface area contributed by atoms with Crippen LogP contribution in [-0.4, -0.2) is 19.8 Å². The minimum atomic E-state index is 0.305. The van der Waals surface area contributed by atoms with E-state index in [1.54, 1.807) is 0 Å². The van der Waals surface area contributed by atoms with E-state index in [0.717, 1.165) is 37.7 Å². The van der Waals surface area contributed by atoms with Crippen molar-refractivity contribution in [3.8, 4) is 0 Å². The van der Waals surface area contributed by atoms with Gasteiger partial charge in [0.15, 0.2) is 0 Å². The summed E-state index contributed by atoms with van der Waals surface area (Å²) in [6.07, 6.45) is 2.38. The van der Waals surface area contributed by atoms with Gasteiger partial charge in [-0.05, 0) is 38.4 Å². The summed E-state index contributed by atoms with van der Waals surface area (Å²) in [5.41, 5.74) is 0. The summed E-state index contributed by atoms with van der Waals surface area (Å²) in [5.74, 6) is 2.57. The minimum Gasteiger partial charge on any atom is -0.465 e. The first kappa shape index (κ1) is 11.7. The molecule has 1 N–H and O–H groups in total. The Bertz CT molecular complexity index is 315. The second-order valence-corrected chi connectivity index (χ2v) is 4.46. The van der Waals surface area contributed by atoms with Gasteiger partial charge < -0.3 is 14.5 Å². The Kier molecular flexibility index (Phi) is 4.02. The van der Waals surface area contributed by atoms with Crippen LogP contribution < -0.4 is 5.32 Å². The Labute approximate surface area is 97.2 Å². The highest BCUT2D eigenvalue weighted by molar-refractivity contribution is 5.11. The van der Waals surface area contributed by atoms with Crippen molar-refractivity contribution in [1.82, 2.24) is 5.32 Å². The largest absolute Gasteiger partial charge is 0.465 e. The van der Waals surface area contributed by atoms with Crippen molar-refractivity contribution >= 4 is 0 Å². The number of ether oxygens (including phenoxy) is 1. The molecule has 0 spiro atoms. The van der Waals surface area contributed by atoms with Crippen molar-refractivity contribution in [3.05, 3.63) is 23.7 Å². The number of aryl methyl sites for hydroxylation is 1. The first-order valence-corrected chi connectivity index (χ1v) is 6.18. The molecule has 3 nitrogen and oxygen atoms in total. The maximum Gasteiger partial charge on any atom is 0.121 e. The Morgan fingerprint density at radius 3 is 2.94 bits per heavy atom. The lowest BCUT2D eigenvalue weighted by Crippen LogP contribution is -2.33. The van der Waals surface area contributed by atoms with E-state index in [0.29, 0.717) is 12.0 Å². The highest BCUT2D eigenvalue weighted by Gasteiger charge is 2.27. The van der Waals surface area contributed by atoms with Crippen LogP contribution in [0, 0.1) is 12.8 Å². The maximum atomic E-state index is 5.73. The van der Waals surface area contributed by atoms with E-state index in [1.165, 1.54) is 6.42 Å². The van der Waals surface area contributed by atoms with E-state index in [4.69, 9.17) is 9.15 Å². The van der Waals surface area contributed by atoms with E-state index in [9.17, 15) is 0 Å². The molecule has 1 saturated heterocycles. The van der Waals surface area contributed by atoms with Gasteiger partial charge in [-0.15, -0.1) is 0 Å². The zero-order chi connectivity index (χ0) is 11.4. The molecule has 2 rings (SSSR count). The molecule has 3 heteroatoms. The number of hydrogen-bond donors (Lipinski definition) is 1. The normalized spacial score (nSPS) is 23.2. The molecule has 16 heavy (non-hydrogen) atoms.